The molecule has 5 aromatic rings. The zero-order valence-electron chi connectivity index (χ0n) is 19.2. The van der Waals surface area contributed by atoms with Gasteiger partial charge in [0, 0.05) is 28.9 Å². The van der Waals surface area contributed by atoms with E-state index < -0.39 is 0 Å². The summed E-state index contributed by atoms with van der Waals surface area (Å²) in [4.78, 5) is 4.94. The Labute approximate surface area is 192 Å². The smallest absolute Gasteiger partial charge is 0.205 e. The minimum absolute atomic E-state index is 0.596. The molecule has 7 nitrogen and oxygen atoms in total. The van der Waals surface area contributed by atoms with Gasteiger partial charge in [-0.3, -0.25) is 0 Å². The summed E-state index contributed by atoms with van der Waals surface area (Å²) in [7, 11) is 0. The number of rotatable bonds is 7. The third kappa shape index (κ3) is 4.02. The van der Waals surface area contributed by atoms with Crippen LogP contribution in [-0.4, -0.2) is 35.2 Å². The van der Waals surface area contributed by atoms with Gasteiger partial charge in [0.15, 0.2) is 5.65 Å². The third-order valence-corrected chi connectivity index (χ3v) is 6.01. The highest BCUT2D eigenvalue weighted by molar-refractivity contribution is 5.80. The second kappa shape index (κ2) is 8.94. The normalized spacial score (nSPS) is 11.4. The molecule has 166 valence electrons. The molecule has 3 heterocycles. The summed E-state index contributed by atoms with van der Waals surface area (Å²) in [6, 6.07) is 19.0. The van der Waals surface area contributed by atoms with Gasteiger partial charge in [0.05, 0.1) is 5.69 Å². The predicted octanol–water partition coefficient (Wildman–Crippen LogP) is 4.99. The van der Waals surface area contributed by atoms with Crippen LogP contribution in [0.1, 0.15) is 48.5 Å². The Balaban J connectivity index is 1.51. The number of hydrogen-bond acceptors (Lipinski definition) is 5. The van der Waals surface area contributed by atoms with Crippen LogP contribution in [0.25, 0.3) is 28.2 Å². The molecule has 0 saturated heterocycles. The van der Waals surface area contributed by atoms with Crippen LogP contribution in [0, 0.1) is 6.92 Å². The Bertz CT molecular complexity index is 1380. The monoisotopic (exact) mass is 437 g/mol. The summed E-state index contributed by atoms with van der Waals surface area (Å²) in [5, 5.41) is 19.5. The molecular formula is C26H27N7. The molecule has 0 bridgehead atoms. The molecule has 3 aromatic heterocycles. The molecule has 0 aliphatic heterocycles. The number of tetrazole rings is 1. The molecule has 2 aromatic carbocycles. The standard InChI is InChI=1S/C26H27N7/c1-4-8-24-23(26-27-20(5-2)15-17(3)33(26)30-24)16-18-11-13-19(14-12-18)21-9-6-7-10-22(21)25-28-31-32-29-25/h6-7,9-15H,4-5,8,16H2,1-3H3,(H,28,29,31,32). The molecule has 0 saturated carbocycles. The molecule has 0 unspecified atom stereocenters. The van der Waals surface area contributed by atoms with E-state index in [2.05, 4.69) is 77.8 Å². The van der Waals surface area contributed by atoms with Crippen molar-refractivity contribution in [3.05, 3.63) is 82.8 Å². The van der Waals surface area contributed by atoms with Crippen LogP contribution < -0.4 is 0 Å². The molecule has 1 N–H and O–H groups in total. The van der Waals surface area contributed by atoms with Crippen molar-refractivity contribution < 1.29 is 0 Å². The van der Waals surface area contributed by atoms with Gasteiger partial charge < -0.3 is 0 Å². The van der Waals surface area contributed by atoms with Gasteiger partial charge in [0.1, 0.15) is 0 Å². The molecule has 0 fully saturated rings. The van der Waals surface area contributed by atoms with E-state index in [1.807, 2.05) is 22.7 Å². The van der Waals surface area contributed by atoms with Crippen LogP contribution in [0.15, 0.2) is 54.6 Å². The van der Waals surface area contributed by atoms with E-state index in [9.17, 15) is 0 Å². The number of hydrogen-bond donors (Lipinski definition) is 1. The first-order valence-electron chi connectivity index (χ1n) is 11.5. The van der Waals surface area contributed by atoms with Crippen molar-refractivity contribution in [1.82, 2.24) is 35.2 Å². The highest BCUT2D eigenvalue weighted by Crippen LogP contribution is 2.30. The molecule has 5 rings (SSSR count). The number of nitrogens with one attached hydrogen (secondary N) is 1. The van der Waals surface area contributed by atoms with Gasteiger partial charge in [0.25, 0.3) is 0 Å². The second-order valence-electron chi connectivity index (χ2n) is 8.31. The summed E-state index contributed by atoms with van der Waals surface area (Å²) < 4.78 is 2.01. The third-order valence-electron chi connectivity index (χ3n) is 6.01. The molecule has 0 spiro atoms. The van der Waals surface area contributed by atoms with Gasteiger partial charge in [-0.1, -0.05) is 68.8 Å². The van der Waals surface area contributed by atoms with Crippen molar-refractivity contribution in [1.29, 1.82) is 0 Å². The minimum Gasteiger partial charge on any atom is -0.233 e. The molecule has 0 atom stereocenters. The summed E-state index contributed by atoms with van der Waals surface area (Å²) >= 11 is 0. The average Bonchev–Trinajstić information content (AvgIpc) is 3.49. The van der Waals surface area contributed by atoms with Crippen LogP contribution in [-0.2, 0) is 19.3 Å². The van der Waals surface area contributed by atoms with E-state index in [0.717, 1.165) is 65.1 Å². The van der Waals surface area contributed by atoms with Crippen LogP contribution in [0.2, 0.25) is 0 Å². The van der Waals surface area contributed by atoms with Gasteiger partial charge in [-0.05, 0) is 47.7 Å². The Morgan fingerprint density at radius 1 is 0.970 bits per heavy atom. The van der Waals surface area contributed by atoms with Crippen molar-refractivity contribution in [2.45, 2.75) is 46.5 Å². The van der Waals surface area contributed by atoms with Crippen molar-refractivity contribution in [2.75, 3.05) is 0 Å². The molecule has 33 heavy (non-hydrogen) atoms. The SMILES string of the molecule is CCCc1nn2c(C)cc(CC)nc2c1Cc1ccc(-c2ccccc2-c2nn[nH]n2)cc1. The average molecular weight is 438 g/mol. The Kier molecular flexibility index (Phi) is 5.69. The fourth-order valence-electron chi connectivity index (χ4n) is 4.33. The summed E-state index contributed by atoms with van der Waals surface area (Å²) in [6.07, 6.45) is 3.74. The van der Waals surface area contributed by atoms with Crippen LogP contribution in [0.3, 0.4) is 0 Å². The van der Waals surface area contributed by atoms with E-state index in [0.29, 0.717) is 5.82 Å². The number of fused-ring (bicyclic) bond motifs is 1. The van der Waals surface area contributed by atoms with E-state index >= 15 is 0 Å². The van der Waals surface area contributed by atoms with Crippen LogP contribution in [0.5, 0.6) is 0 Å². The quantitative estimate of drug-likeness (QED) is 0.388. The topological polar surface area (TPSA) is 84.6 Å². The van der Waals surface area contributed by atoms with Crippen molar-refractivity contribution in [3.8, 4) is 22.5 Å². The largest absolute Gasteiger partial charge is 0.233 e. The highest BCUT2D eigenvalue weighted by Gasteiger charge is 2.17. The Morgan fingerprint density at radius 3 is 2.45 bits per heavy atom. The van der Waals surface area contributed by atoms with Gasteiger partial charge in [-0.2, -0.15) is 10.3 Å². The molecule has 0 amide bonds. The first-order chi connectivity index (χ1) is 16.2. The number of aryl methyl sites for hydroxylation is 3. The van der Waals surface area contributed by atoms with Crippen molar-refractivity contribution in [2.24, 2.45) is 0 Å². The van der Waals surface area contributed by atoms with E-state index in [1.165, 1.54) is 11.1 Å². The van der Waals surface area contributed by atoms with Gasteiger partial charge in [-0.15, -0.1) is 10.2 Å². The zero-order chi connectivity index (χ0) is 22.8. The zero-order valence-corrected chi connectivity index (χ0v) is 19.2. The lowest BCUT2D eigenvalue weighted by Crippen LogP contribution is -2.00. The Hall–Kier alpha value is -3.87. The lowest BCUT2D eigenvalue weighted by molar-refractivity contribution is 0.808. The summed E-state index contributed by atoms with van der Waals surface area (Å²) in [5.74, 6) is 0.596. The molecule has 7 heteroatoms. The van der Waals surface area contributed by atoms with Gasteiger partial charge in [-0.25, -0.2) is 9.50 Å². The van der Waals surface area contributed by atoms with Crippen LogP contribution >= 0.6 is 0 Å². The van der Waals surface area contributed by atoms with Gasteiger partial charge >= 0.3 is 0 Å². The maximum atomic E-state index is 4.94. The number of nitrogens with zero attached hydrogens (tertiary/aromatic N) is 6. The fourth-order valence-corrected chi connectivity index (χ4v) is 4.33. The Morgan fingerprint density at radius 2 is 1.76 bits per heavy atom. The highest BCUT2D eigenvalue weighted by atomic mass is 15.5. The van der Waals surface area contributed by atoms with Gasteiger partial charge in [0.2, 0.25) is 5.82 Å². The van der Waals surface area contributed by atoms with E-state index in [1.54, 1.807) is 0 Å². The predicted molar refractivity (Wildman–Crippen MR) is 129 cm³/mol. The number of aromatic amines is 1. The van der Waals surface area contributed by atoms with Crippen molar-refractivity contribution in [3.63, 3.8) is 0 Å². The number of aromatic nitrogens is 7. The van der Waals surface area contributed by atoms with E-state index in [-0.39, 0.29) is 0 Å². The number of benzene rings is 2. The lowest BCUT2D eigenvalue weighted by Gasteiger charge is -2.09. The maximum absolute atomic E-state index is 4.94. The van der Waals surface area contributed by atoms with Crippen molar-refractivity contribution >= 4 is 5.65 Å². The van der Waals surface area contributed by atoms with E-state index in [4.69, 9.17) is 10.1 Å². The first-order valence-corrected chi connectivity index (χ1v) is 11.5. The maximum Gasteiger partial charge on any atom is 0.205 e. The second-order valence-corrected chi connectivity index (χ2v) is 8.31. The first kappa shape index (κ1) is 21.0. The fraction of sp³-hybridized carbons (Fsp3) is 0.269. The number of H-pyrrole nitrogens is 1. The summed E-state index contributed by atoms with van der Waals surface area (Å²) in [6.45, 7) is 6.45. The molecule has 0 radical (unpaired) electrons. The molecule has 0 aliphatic rings. The summed E-state index contributed by atoms with van der Waals surface area (Å²) in [5.41, 5.74) is 10.0. The molecular weight excluding hydrogens is 410 g/mol. The lowest BCUT2D eigenvalue weighted by atomic mass is 9.96. The minimum atomic E-state index is 0.596. The molecule has 0 aliphatic carbocycles. The van der Waals surface area contributed by atoms with Crippen LogP contribution in [0.4, 0.5) is 0 Å².